The predicted octanol–water partition coefficient (Wildman–Crippen LogP) is 1.71. The van der Waals surface area contributed by atoms with E-state index in [2.05, 4.69) is 35.9 Å². The lowest BCUT2D eigenvalue weighted by atomic mass is 10.2. The number of nitro benzene ring substituents is 1. The Kier molecular flexibility index (Phi) is 4.41. The van der Waals surface area contributed by atoms with E-state index < -0.39 is 10.8 Å². The van der Waals surface area contributed by atoms with Crippen molar-refractivity contribution in [2.75, 3.05) is 6.54 Å². The van der Waals surface area contributed by atoms with Gasteiger partial charge in [-0.2, -0.15) is 4.98 Å². The van der Waals surface area contributed by atoms with Crippen molar-refractivity contribution < 1.29 is 14.2 Å². The Morgan fingerprint density at radius 2 is 2.30 bits per heavy atom. The molecule has 0 bridgehead atoms. The number of non-ortho nitro benzene ring substituents is 1. The zero-order valence-electron chi connectivity index (χ0n) is 10.1. The van der Waals surface area contributed by atoms with Gasteiger partial charge in [0.05, 0.1) is 10.5 Å². The highest BCUT2D eigenvalue weighted by Gasteiger charge is 2.15. The van der Waals surface area contributed by atoms with Gasteiger partial charge in [-0.25, -0.2) is 0 Å². The average molecular weight is 341 g/mol. The maximum Gasteiger partial charge on any atom is 0.270 e. The zero-order valence-corrected chi connectivity index (χ0v) is 11.7. The lowest BCUT2D eigenvalue weighted by molar-refractivity contribution is -0.384. The van der Waals surface area contributed by atoms with Crippen LogP contribution in [0.4, 0.5) is 5.69 Å². The van der Waals surface area contributed by atoms with Crippen LogP contribution in [0.1, 0.15) is 16.2 Å². The second-order valence-electron chi connectivity index (χ2n) is 3.77. The van der Waals surface area contributed by atoms with Crippen LogP contribution in [-0.4, -0.2) is 27.5 Å². The van der Waals surface area contributed by atoms with Crippen LogP contribution in [0.25, 0.3) is 0 Å². The Balaban J connectivity index is 2.01. The second-order valence-corrected chi connectivity index (χ2v) is 4.63. The number of halogens is 1. The molecule has 0 aliphatic rings. The number of carbonyl (C=O) groups is 1. The summed E-state index contributed by atoms with van der Waals surface area (Å²) in [5, 5.41) is 16.9. The monoisotopic (exact) mass is 340 g/mol. The number of nitrogens with zero attached hydrogens (tertiary/aromatic N) is 3. The minimum Gasteiger partial charge on any atom is -0.352 e. The molecule has 0 aliphatic carbocycles. The van der Waals surface area contributed by atoms with E-state index in [9.17, 15) is 14.9 Å². The fraction of sp³-hybridized carbons (Fsp3) is 0.182. The van der Waals surface area contributed by atoms with E-state index in [0.717, 1.165) is 0 Å². The molecule has 0 saturated heterocycles. The highest BCUT2D eigenvalue weighted by molar-refractivity contribution is 9.10. The molecule has 1 N–H and O–H groups in total. The summed E-state index contributed by atoms with van der Waals surface area (Å²) in [5.41, 5.74) is 0.0591. The van der Waals surface area contributed by atoms with E-state index in [1.807, 2.05) is 0 Å². The van der Waals surface area contributed by atoms with Gasteiger partial charge in [0.2, 0.25) is 6.39 Å². The SMILES string of the molecule is O=C(NCCc1ncon1)c1cc([N+](=O)[O-])ccc1Br. The average Bonchev–Trinajstić information content (AvgIpc) is 2.92. The lowest BCUT2D eigenvalue weighted by Crippen LogP contribution is -2.26. The molecule has 0 atom stereocenters. The van der Waals surface area contributed by atoms with Crippen LogP contribution < -0.4 is 5.32 Å². The van der Waals surface area contributed by atoms with E-state index in [1.165, 1.54) is 24.6 Å². The van der Waals surface area contributed by atoms with Gasteiger partial charge < -0.3 is 9.84 Å². The van der Waals surface area contributed by atoms with Crippen molar-refractivity contribution in [3.63, 3.8) is 0 Å². The van der Waals surface area contributed by atoms with Crippen molar-refractivity contribution in [2.24, 2.45) is 0 Å². The molecule has 0 radical (unpaired) electrons. The number of nitro groups is 1. The standard InChI is InChI=1S/C11H9BrN4O4/c12-9-2-1-7(16(18)19)5-8(9)11(17)13-4-3-10-14-6-20-15-10/h1-2,5-6H,3-4H2,(H,13,17). The molecule has 0 saturated carbocycles. The number of hydrogen-bond acceptors (Lipinski definition) is 6. The summed E-state index contributed by atoms with van der Waals surface area (Å²) < 4.78 is 5.05. The van der Waals surface area contributed by atoms with Crippen LogP contribution >= 0.6 is 15.9 Å². The maximum atomic E-state index is 11.9. The van der Waals surface area contributed by atoms with Crippen LogP contribution in [0.3, 0.4) is 0 Å². The predicted molar refractivity (Wildman–Crippen MR) is 71.1 cm³/mol. The Bertz CT molecular complexity index is 629. The Hall–Kier alpha value is -2.29. The molecule has 1 aromatic carbocycles. The normalized spacial score (nSPS) is 10.2. The van der Waals surface area contributed by atoms with E-state index in [4.69, 9.17) is 0 Å². The van der Waals surface area contributed by atoms with Gasteiger partial charge in [-0.3, -0.25) is 14.9 Å². The van der Waals surface area contributed by atoms with Gasteiger partial charge in [0.15, 0.2) is 5.82 Å². The number of amides is 1. The Morgan fingerprint density at radius 3 is 2.95 bits per heavy atom. The van der Waals surface area contributed by atoms with Gasteiger partial charge in [0, 0.05) is 29.6 Å². The van der Waals surface area contributed by atoms with E-state index in [-0.39, 0.29) is 11.3 Å². The third-order valence-corrected chi connectivity index (χ3v) is 3.14. The molecule has 20 heavy (non-hydrogen) atoms. The number of nitrogens with one attached hydrogen (secondary N) is 1. The first-order chi connectivity index (χ1) is 9.58. The van der Waals surface area contributed by atoms with Crippen molar-refractivity contribution in [2.45, 2.75) is 6.42 Å². The van der Waals surface area contributed by atoms with Crippen LogP contribution in [0, 0.1) is 10.1 Å². The van der Waals surface area contributed by atoms with Gasteiger partial charge in [0.25, 0.3) is 11.6 Å². The van der Waals surface area contributed by atoms with Gasteiger partial charge in [0.1, 0.15) is 0 Å². The summed E-state index contributed by atoms with van der Waals surface area (Å²) in [6.45, 7) is 0.299. The largest absolute Gasteiger partial charge is 0.352 e. The quantitative estimate of drug-likeness (QED) is 0.655. The van der Waals surface area contributed by atoms with Crippen LogP contribution in [0.5, 0.6) is 0 Å². The molecule has 104 valence electrons. The van der Waals surface area contributed by atoms with Gasteiger partial charge in [-0.15, -0.1) is 0 Å². The smallest absolute Gasteiger partial charge is 0.270 e. The van der Waals surface area contributed by atoms with Gasteiger partial charge in [-0.1, -0.05) is 5.16 Å². The molecule has 2 rings (SSSR count). The molecule has 0 aliphatic heterocycles. The van der Waals surface area contributed by atoms with Crippen molar-refractivity contribution in [1.82, 2.24) is 15.5 Å². The van der Waals surface area contributed by atoms with Crippen molar-refractivity contribution in [3.05, 3.63) is 50.6 Å². The number of rotatable bonds is 5. The summed E-state index contributed by atoms with van der Waals surface area (Å²) in [5.74, 6) is 0.0625. The zero-order chi connectivity index (χ0) is 14.5. The number of benzene rings is 1. The Morgan fingerprint density at radius 1 is 1.50 bits per heavy atom. The van der Waals surface area contributed by atoms with Crippen molar-refractivity contribution >= 4 is 27.5 Å². The summed E-state index contributed by atoms with van der Waals surface area (Å²) in [4.78, 5) is 25.9. The molecule has 8 nitrogen and oxygen atoms in total. The summed E-state index contributed by atoms with van der Waals surface area (Å²) in [7, 11) is 0. The third kappa shape index (κ3) is 3.38. The first-order valence-corrected chi connectivity index (χ1v) is 6.34. The molecule has 0 spiro atoms. The summed E-state index contributed by atoms with van der Waals surface area (Å²) >= 11 is 3.19. The second kappa shape index (κ2) is 6.24. The van der Waals surface area contributed by atoms with Crippen LogP contribution in [-0.2, 0) is 6.42 Å². The van der Waals surface area contributed by atoms with Crippen LogP contribution in [0.2, 0.25) is 0 Å². The molecule has 1 heterocycles. The minimum absolute atomic E-state index is 0.142. The molecule has 0 fully saturated rings. The third-order valence-electron chi connectivity index (χ3n) is 2.45. The molecule has 1 amide bonds. The molecular weight excluding hydrogens is 332 g/mol. The molecule has 9 heteroatoms. The highest BCUT2D eigenvalue weighted by atomic mass is 79.9. The summed E-state index contributed by atoms with van der Waals surface area (Å²) in [6, 6.07) is 4.00. The van der Waals surface area contributed by atoms with Crippen molar-refractivity contribution in [1.29, 1.82) is 0 Å². The van der Waals surface area contributed by atoms with E-state index in [1.54, 1.807) is 0 Å². The number of carbonyl (C=O) groups excluding carboxylic acids is 1. The molecule has 1 aromatic heterocycles. The molecule has 0 unspecified atom stereocenters. The molecular formula is C11H9BrN4O4. The first kappa shape index (κ1) is 14.1. The first-order valence-electron chi connectivity index (χ1n) is 5.55. The summed E-state index contributed by atoms with van der Waals surface area (Å²) in [6.07, 6.45) is 1.61. The highest BCUT2D eigenvalue weighted by Crippen LogP contribution is 2.22. The fourth-order valence-electron chi connectivity index (χ4n) is 1.49. The van der Waals surface area contributed by atoms with E-state index >= 15 is 0 Å². The number of aromatic nitrogens is 2. The lowest BCUT2D eigenvalue weighted by Gasteiger charge is -2.05. The van der Waals surface area contributed by atoms with Gasteiger partial charge in [-0.05, 0) is 22.0 Å². The van der Waals surface area contributed by atoms with Crippen LogP contribution in [0.15, 0.2) is 33.6 Å². The van der Waals surface area contributed by atoms with E-state index in [0.29, 0.717) is 23.3 Å². The molecule has 2 aromatic rings. The van der Waals surface area contributed by atoms with Gasteiger partial charge >= 0.3 is 0 Å². The minimum atomic E-state index is -0.553. The van der Waals surface area contributed by atoms with Crippen molar-refractivity contribution in [3.8, 4) is 0 Å². The Labute approximate surface area is 121 Å². The fourth-order valence-corrected chi connectivity index (χ4v) is 1.91. The topological polar surface area (TPSA) is 111 Å². The number of hydrogen-bond donors (Lipinski definition) is 1. The maximum absolute atomic E-state index is 11.9.